The quantitative estimate of drug-likeness (QED) is 0.788. The van der Waals surface area contributed by atoms with Crippen molar-refractivity contribution in [1.29, 1.82) is 0 Å². The fraction of sp³-hybridized carbons (Fsp3) is 0.833. The number of nitrogens with two attached hydrogens (primary N) is 1. The van der Waals surface area contributed by atoms with E-state index in [9.17, 15) is 14.4 Å². The van der Waals surface area contributed by atoms with Gasteiger partial charge in [-0.15, -0.1) is 0 Å². The van der Waals surface area contributed by atoms with Gasteiger partial charge in [-0.2, -0.15) is 0 Å². The summed E-state index contributed by atoms with van der Waals surface area (Å²) >= 11 is 0. The molecule has 1 fully saturated rings. The van der Waals surface area contributed by atoms with Crippen LogP contribution in [0.2, 0.25) is 0 Å². The van der Waals surface area contributed by atoms with Crippen molar-refractivity contribution < 1.29 is 19.1 Å². The highest BCUT2D eigenvalue weighted by Crippen LogP contribution is 2.20. The minimum atomic E-state index is -0.726. The molecule has 0 saturated carbocycles. The van der Waals surface area contributed by atoms with Gasteiger partial charge < -0.3 is 20.7 Å². The minimum Gasteiger partial charge on any atom is -0.447 e. The summed E-state index contributed by atoms with van der Waals surface area (Å²) < 4.78 is 5.01. The number of hydrogen-bond donors (Lipinski definition) is 2. The molecule has 0 aromatic carbocycles. The summed E-state index contributed by atoms with van der Waals surface area (Å²) in [5.41, 5.74) is 5.32. The third kappa shape index (κ3) is 8.74. The number of primary amides is 1. The van der Waals surface area contributed by atoms with Gasteiger partial charge >= 0.3 is 6.09 Å². The van der Waals surface area contributed by atoms with Crippen LogP contribution in [0.15, 0.2) is 0 Å². The number of hydrogen-bond acceptors (Lipinski definition) is 4. The van der Waals surface area contributed by atoms with Crippen LogP contribution in [-0.2, 0) is 14.3 Å². The maximum absolute atomic E-state index is 12.6. The third-order valence-electron chi connectivity index (χ3n) is 3.41. The van der Waals surface area contributed by atoms with Crippen molar-refractivity contribution in [3.05, 3.63) is 0 Å². The average molecular weight is 360 g/mol. The van der Waals surface area contributed by atoms with E-state index in [2.05, 4.69) is 5.32 Å². The first-order chi connectivity index (χ1) is 11.7. The SMILES string of the molecule is CC.CC.CC(C)OC(=O)NC(C(=O)N1CCCC1C(N)=O)C(C)C. The van der Waals surface area contributed by atoms with Gasteiger partial charge in [-0.1, -0.05) is 41.5 Å². The number of amides is 3. The molecule has 148 valence electrons. The largest absolute Gasteiger partial charge is 0.447 e. The molecule has 25 heavy (non-hydrogen) atoms. The number of carbonyl (C=O) groups is 3. The van der Waals surface area contributed by atoms with Crippen LogP contribution >= 0.6 is 0 Å². The summed E-state index contributed by atoms with van der Waals surface area (Å²) in [4.78, 5) is 37.1. The summed E-state index contributed by atoms with van der Waals surface area (Å²) in [6, 6.07) is -1.31. The molecule has 1 saturated heterocycles. The molecule has 2 atom stereocenters. The van der Waals surface area contributed by atoms with E-state index in [1.807, 2.05) is 41.5 Å². The van der Waals surface area contributed by atoms with Gasteiger partial charge in [-0.25, -0.2) is 4.79 Å². The van der Waals surface area contributed by atoms with Gasteiger partial charge in [0.05, 0.1) is 6.10 Å². The second-order valence-electron chi connectivity index (χ2n) is 5.91. The van der Waals surface area contributed by atoms with Crippen LogP contribution in [0.3, 0.4) is 0 Å². The fourth-order valence-electron chi connectivity index (χ4n) is 2.39. The molecule has 1 aliphatic rings. The number of carbonyl (C=O) groups excluding carboxylic acids is 3. The lowest BCUT2D eigenvalue weighted by Gasteiger charge is -2.29. The molecule has 3 amide bonds. The van der Waals surface area contributed by atoms with E-state index in [-0.39, 0.29) is 17.9 Å². The van der Waals surface area contributed by atoms with Crippen LogP contribution < -0.4 is 11.1 Å². The monoisotopic (exact) mass is 359 g/mol. The van der Waals surface area contributed by atoms with E-state index < -0.39 is 24.1 Å². The fourth-order valence-corrected chi connectivity index (χ4v) is 2.39. The summed E-state index contributed by atoms with van der Waals surface area (Å²) in [5.74, 6) is -0.911. The molecule has 0 spiro atoms. The summed E-state index contributed by atoms with van der Waals surface area (Å²) in [5, 5.41) is 2.58. The van der Waals surface area contributed by atoms with E-state index >= 15 is 0 Å². The van der Waals surface area contributed by atoms with Gasteiger partial charge in [-0.3, -0.25) is 9.59 Å². The van der Waals surface area contributed by atoms with E-state index in [0.29, 0.717) is 13.0 Å². The Labute approximate surface area is 152 Å². The zero-order valence-electron chi connectivity index (χ0n) is 17.1. The molecule has 0 bridgehead atoms. The van der Waals surface area contributed by atoms with Crippen molar-refractivity contribution in [1.82, 2.24) is 10.2 Å². The molecule has 0 aliphatic carbocycles. The van der Waals surface area contributed by atoms with E-state index in [4.69, 9.17) is 10.5 Å². The standard InChI is InChI=1S/C14H25N3O4.2C2H6/c1-8(2)11(16-14(20)21-9(3)4)13(19)17-7-5-6-10(17)12(15)18;2*1-2/h8-11H,5-7H2,1-4H3,(H2,15,18)(H,16,20);2*1-2H3. The van der Waals surface area contributed by atoms with E-state index in [0.717, 1.165) is 6.42 Å². The summed E-state index contributed by atoms with van der Waals surface area (Å²) in [6.07, 6.45) is 0.410. The highest BCUT2D eigenvalue weighted by molar-refractivity contribution is 5.91. The molecule has 3 N–H and O–H groups in total. The molecule has 2 unspecified atom stereocenters. The first-order valence-electron chi connectivity index (χ1n) is 9.31. The Kier molecular flexibility index (Phi) is 13.7. The Morgan fingerprint density at radius 1 is 1.08 bits per heavy atom. The second-order valence-corrected chi connectivity index (χ2v) is 5.91. The summed E-state index contributed by atoms with van der Waals surface area (Å²) in [7, 11) is 0. The van der Waals surface area contributed by atoms with Crippen molar-refractivity contribution >= 4 is 17.9 Å². The predicted molar refractivity (Wildman–Crippen MR) is 100 cm³/mol. The molecule has 7 heteroatoms. The molecule has 0 aromatic heterocycles. The average Bonchev–Trinajstić information content (AvgIpc) is 3.05. The Balaban J connectivity index is 0. The van der Waals surface area contributed by atoms with Crippen LogP contribution in [0.1, 0.15) is 68.2 Å². The van der Waals surface area contributed by atoms with Crippen molar-refractivity contribution in [2.24, 2.45) is 11.7 Å². The number of nitrogens with zero attached hydrogens (tertiary/aromatic N) is 1. The van der Waals surface area contributed by atoms with Crippen molar-refractivity contribution in [3.8, 4) is 0 Å². The van der Waals surface area contributed by atoms with Gasteiger partial charge in [0, 0.05) is 6.54 Å². The van der Waals surface area contributed by atoms with Gasteiger partial charge in [0.25, 0.3) is 0 Å². The topological polar surface area (TPSA) is 102 Å². The Bertz CT molecular complexity index is 411. The normalized spacial score (nSPS) is 17.0. The third-order valence-corrected chi connectivity index (χ3v) is 3.41. The first-order valence-corrected chi connectivity index (χ1v) is 9.31. The predicted octanol–water partition coefficient (Wildman–Crippen LogP) is 2.67. The van der Waals surface area contributed by atoms with Crippen LogP contribution in [0.4, 0.5) is 4.79 Å². The molecule has 1 aliphatic heterocycles. The smallest absolute Gasteiger partial charge is 0.408 e. The van der Waals surface area contributed by atoms with Crippen LogP contribution in [-0.4, -0.2) is 47.5 Å². The zero-order valence-corrected chi connectivity index (χ0v) is 17.1. The molecular weight excluding hydrogens is 322 g/mol. The van der Waals surface area contributed by atoms with Crippen molar-refractivity contribution in [2.75, 3.05) is 6.54 Å². The first kappa shape index (κ1) is 25.5. The van der Waals surface area contributed by atoms with Gasteiger partial charge in [-0.05, 0) is 32.6 Å². The molecule has 0 aromatic rings. The van der Waals surface area contributed by atoms with Gasteiger partial charge in [0.1, 0.15) is 12.1 Å². The van der Waals surface area contributed by atoms with Crippen LogP contribution in [0.5, 0.6) is 0 Å². The molecular formula is C18H37N3O4. The van der Waals surface area contributed by atoms with Crippen molar-refractivity contribution in [3.63, 3.8) is 0 Å². The number of ether oxygens (including phenoxy) is 1. The van der Waals surface area contributed by atoms with E-state index in [1.54, 1.807) is 13.8 Å². The van der Waals surface area contributed by atoms with E-state index in [1.165, 1.54) is 4.90 Å². The lowest BCUT2D eigenvalue weighted by Crippen LogP contribution is -2.54. The lowest BCUT2D eigenvalue weighted by atomic mass is 10.0. The molecule has 7 nitrogen and oxygen atoms in total. The maximum Gasteiger partial charge on any atom is 0.408 e. The van der Waals surface area contributed by atoms with Crippen molar-refractivity contribution in [2.45, 2.75) is 86.4 Å². The Morgan fingerprint density at radius 2 is 1.60 bits per heavy atom. The number of alkyl carbamates (subject to hydrolysis) is 1. The highest BCUT2D eigenvalue weighted by atomic mass is 16.6. The Hall–Kier alpha value is -1.79. The Morgan fingerprint density at radius 3 is 2.00 bits per heavy atom. The minimum absolute atomic E-state index is 0.119. The zero-order chi connectivity index (χ0) is 20.2. The number of nitrogens with one attached hydrogen (secondary N) is 1. The van der Waals surface area contributed by atoms with Crippen LogP contribution in [0, 0.1) is 5.92 Å². The summed E-state index contributed by atoms with van der Waals surface area (Å²) in [6.45, 7) is 15.6. The highest BCUT2D eigenvalue weighted by Gasteiger charge is 2.37. The molecule has 1 heterocycles. The van der Waals surface area contributed by atoms with Gasteiger partial charge in [0.15, 0.2) is 0 Å². The number of likely N-dealkylation sites (tertiary alicyclic amines) is 1. The lowest BCUT2D eigenvalue weighted by molar-refractivity contribution is -0.139. The number of rotatable bonds is 5. The van der Waals surface area contributed by atoms with Gasteiger partial charge in [0.2, 0.25) is 11.8 Å². The second kappa shape index (κ2) is 13.5. The molecule has 0 radical (unpaired) electrons. The maximum atomic E-state index is 12.6. The van der Waals surface area contributed by atoms with Crippen LogP contribution in [0.25, 0.3) is 0 Å². The molecule has 1 rings (SSSR count).